The smallest absolute Gasteiger partial charge is 0.480 e. The van der Waals surface area contributed by atoms with E-state index < -0.39 is 18.4 Å². The first-order valence-electron chi connectivity index (χ1n) is 15.6. The van der Waals surface area contributed by atoms with Gasteiger partial charge < -0.3 is 14.7 Å². The fourth-order valence-electron chi connectivity index (χ4n) is 7.24. The Morgan fingerprint density at radius 3 is 2.47 bits per heavy atom. The third kappa shape index (κ3) is 8.62. The molecule has 11 heteroatoms. The van der Waals surface area contributed by atoms with E-state index in [1.807, 2.05) is 38.1 Å². The molecule has 45 heavy (non-hydrogen) atoms. The van der Waals surface area contributed by atoms with Gasteiger partial charge in [-0.05, 0) is 105 Å². The van der Waals surface area contributed by atoms with Crippen LogP contribution in [0, 0.1) is 17.7 Å². The lowest BCUT2D eigenvalue weighted by atomic mass is 9.87. The molecular weight excluding hydrogens is 606 g/mol. The van der Waals surface area contributed by atoms with E-state index in [1.54, 1.807) is 35.6 Å². The maximum absolute atomic E-state index is 14.3. The molecule has 4 atom stereocenters. The lowest BCUT2D eigenvalue weighted by Gasteiger charge is -2.35. The van der Waals surface area contributed by atoms with Crippen LogP contribution < -0.4 is 4.74 Å². The molecule has 3 aromatic rings. The van der Waals surface area contributed by atoms with E-state index in [2.05, 4.69) is 14.6 Å². The maximum Gasteiger partial charge on any atom is 0.573 e. The molecule has 1 N–H and O–H groups in total. The number of hydrogen-bond donors (Lipinski definition) is 1. The highest BCUT2D eigenvalue weighted by Gasteiger charge is 2.42. The van der Waals surface area contributed by atoms with Gasteiger partial charge in [0, 0.05) is 30.1 Å². The molecule has 5 rings (SSSR count). The molecule has 3 unspecified atom stereocenters. The molecule has 0 spiro atoms. The third-order valence-electron chi connectivity index (χ3n) is 9.41. The van der Waals surface area contributed by atoms with E-state index in [4.69, 9.17) is 0 Å². The number of carboxylic acid groups (broad SMARTS) is 1. The van der Waals surface area contributed by atoms with Crippen LogP contribution in [0.25, 0.3) is 0 Å². The Morgan fingerprint density at radius 2 is 1.84 bits per heavy atom. The number of ether oxygens (including phenoxy) is 1. The molecule has 2 fully saturated rings. The summed E-state index contributed by atoms with van der Waals surface area (Å²) in [5, 5.41) is 10.8. The number of carbonyl (C=O) groups is 1. The molecule has 6 nitrogen and oxygen atoms in total. The van der Waals surface area contributed by atoms with Crippen molar-refractivity contribution in [3.05, 3.63) is 81.6 Å². The normalized spacial score (nSPS) is 22.3. The number of nitrogens with zero attached hydrogens (tertiary/aromatic N) is 3. The molecule has 1 saturated heterocycles. The second-order valence-electron chi connectivity index (χ2n) is 12.8. The van der Waals surface area contributed by atoms with E-state index >= 15 is 0 Å². The van der Waals surface area contributed by atoms with Gasteiger partial charge in [-0.3, -0.25) is 9.69 Å². The molecule has 0 radical (unpaired) electrons. The first-order chi connectivity index (χ1) is 21.4. The number of rotatable bonds is 11. The van der Waals surface area contributed by atoms with E-state index in [9.17, 15) is 27.5 Å². The second kappa shape index (κ2) is 14.2. The van der Waals surface area contributed by atoms with Gasteiger partial charge in [0.2, 0.25) is 0 Å². The number of aromatic nitrogens is 1. The van der Waals surface area contributed by atoms with Crippen molar-refractivity contribution in [3.63, 3.8) is 0 Å². The average molecular weight is 648 g/mol. The summed E-state index contributed by atoms with van der Waals surface area (Å²) in [6.07, 6.45) is 1.45. The molecule has 1 aromatic heterocycles. The van der Waals surface area contributed by atoms with Crippen molar-refractivity contribution in [2.75, 3.05) is 26.7 Å². The zero-order valence-corrected chi connectivity index (χ0v) is 26.7. The zero-order chi connectivity index (χ0) is 32.3. The van der Waals surface area contributed by atoms with Crippen molar-refractivity contribution >= 4 is 17.3 Å². The number of alkyl halides is 3. The van der Waals surface area contributed by atoms with Gasteiger partial charge in [-0.2, -0.15) is 0 Å². The highest BCUT2D eigenvalue weighted by atomic mass is 32.1. The van der Waals surface area contributed by atoms with Crippen molar-refractivity contribution in [1.29, 1.82) is 0 Å². The Labute approximate surface area is 266 Å². The van der Waals surface area contributed by atoms with Crippen LogP contribution in [-0.2, 0) is 11.2 Å². The minimum absolute atomic E-state index is 0.0242. The number of carboxylic acids is 1. The van der Waals surface area contributed by atoms with Crippen LogP contribution >= 0.6 is 11.3 Å². The highest BCUT2D eigenvalue weighted by Crippen LogP contribution is 2.44. The SMILES string of the molecule is CC(C)[C@H](C(=O)O)N(C)C1CC(CN2CCC(c3cnc(Cc4ccc(OC(F)(F)F)cc4)s3)CC2)C(c2cccc(F)c2)C1. The largest absolute Gasteiger partial charge is 0.573 e. The summed E-state index contributed by atoms with van der Waals surface area (Å²) in [5.41, 5.74) is 1.86. The summed E-state index contributed by atoms with van der Waals surface area (Å²) < 4.78 is 55.6. The predicted molar refractivity (Wildman–Crippen MR) is 166 cm³/mol. The van der Waals surface area contributed by atoms with Gasteiger partial charge in [-0.15, -0.1) is 24.5 Å². The van der Waals surface area contributed by atoms with Crippen molar-refractivity contribution in [2.45, 2.75) is 76.2 Å². The number of halogens is 4. The zero-order valence-electron chi connectivity index (χ0n) is 25.8. The number of likely N-dealkylation sites (N-methyl/N-ethyl adjacent to an activating group) is 1. The maximum atomic E-state index is 14.3. The van der Waals surface area contributed by atoms with Crippen molar-refractivity contribution in [1.82, 2.24) is 14.8 Å². The van der Waals surface area contributed by atoms with Gasteiger partial charge in [0.25, 0.3) is 0 Å². The fraction of sp³-hybridized carbons (Fsp3) is 0.529. The lowest BCUT2D eigenvalue weighted by molar-refractivity contribution is -0.274. The number of likely N-dealkylation sites (tertiary alicyclic amines) is 1. The van der Waals surface area contributed by atoms with E-state index in [0.29, 0.717) is 18.3 Å². The van der Waals surface area contributed by atoms with Crippen molar-refractivity contribution in [2.24, 2.45) is 11.8 Å². The number of hydrogen-bond acceptors (Lipinski definition) is 6. The minimum Gasteiger partial charge on any atom is -0.480 e. The molecule has 244 valence electrons. The van der Waals surface area contributed by atoms with Gasteiger partial charge in [0.1, 0.15) is 17.6 Å². The Bertz CT molecular complexity index is 1420. The van der Waals surface area contributed by atoms with Gasteiger partial charge in [0.05, 0.1) is 5.01 Å². The molecule has 2 aromatic carbocycles. The fourth-order valence-corrected chi connectivity index (χ4v) is 8.37. The standard InChI is InChI=1S/C34H41F4N3O3S/c1-21(2)32(33(42)43)40(3)27-17-25(29(18-27)24-5-4-6-26(35)16-24)20-41-13-11-23(12-14-41)30-19-39-31(45-30)15-22-7-9-28(10-8-22)44-34(36,37)38/h4-10,16,19,21,23,25,27,29,32H,11-15,17-18,20H2,1-3H3,(H,42,43)/t25?,27?,29?,32-/m1/s1. The van der Waals surface area contributed by atoms with E-state index in [-0.39, 0.29) is 29.4 Å². The number of aliphatic carboxylic acids is 1. The van der Waals surface area contributed by atoms with Gasteiger partial charge in [-0.1, -0.05) is 38.1 Å². The van der Waals surface area contributed by atoms with Crippen LogP contribution in [0.5, 0.6) is 5.75 Å². The van der Waals surface area contributed by atoms with Crippen molar-refractivity contribution in [3.8, 4) is 5.75 Å². The van der Waals surface area contributed by atoms with Crippen LogP contribution in [0.4, 0.5) is 17.6 Å². The quantitative estimate of drug-likeness (QED) is 0.217. The molecule has 1 saturated carbocycles. The first-order valence-corrected chi connectivity index (χ1v) is 16.4. The molecule has 2 heterocycles. The topological polar surface area (TPSA) is 65.9 Å². The van der Waals surface area contributed by atoms with Crippen LogP contribution in [0.1, 0.15) is 72.4 Å². The number of benzene rings is 2. The highest BCUT2D eigenvalue weighted by molar-refractivity contribution is 7.11. The Kier molecular flexibility index (Phi) is 10.5. The Balaban J connectivity index is 1.19. The summed E-state index contributed by atoms with van der Waals surface area (Å²) in [6.45, 7) is 6.65. The molecule has 1 aliphatic carbocycles. The van der Waals surface area contributed by atoms with Crippen LogP contribution in [0.2, 0.25) is 0 Å². The summed E-state index contributed by atoms with van der Waals surface area (Å²) in [7, 11) is 1.92. The minimum atomic E-state index is -4.71. The summed E-state index contributed by atoms with van der Waals surface area (Å²) in [6, 6.07) is 12.3. The van der Waals surface area contributed by atoms with Crippen LogP contribution in [0.3, 0.4) is 0 Å². The Morgan fingerprint density at radius 1 is 1.13 bits per heavy atom. The second-order valence-corrected chi connectivity index (χ2v) is 14.0. The Hall–Kier alpha value is -3.02. The molecule has 0 bridgehead atoms. The van der Waals surface area contributed by atoms with Crippen molar-refractivity contribution < 1.29 is 32.2 Å². The predicted octanol–water partition coefficient (Wildman–Crippen LogP) is 7.55. The van der Waals surface area contributed by atoms with E-state index in [1.165, 1.54) is 23.1 Å². The number of piperidine rings is 1. The van der Waals surface area contributed by atoms with Gasteiger partial charge >= 0.3 is 12.3 Å². The molecule has 2 aliphatic rings. The molecule has 0 amide bonds. The third-order valence-corrected chi connectivity index (χ3v) is 10.6. The summed E-state index contributed by atoms with van der Waals surface area (Å²) in [5.74, 6) is -0.458. The first kappa shape index (κ1) is 33.3. The van der Waals surface area contributed by atoms with Crippen LogP contribution in [0.15, 0.2) is 54.7 Å². The van der Waals surface area contributed by atoms with E-state index in [0.717, 1.165) is 61.5 Å². The lowest BCUT2D eigenvalue weighted by Crippen LogP contribution is -2.47. The monoisotopic (exact) mass is 647 g/mol. The average Bonchev–Trinajstić information content (AvgIpc) is 3.61. The summed E-state index contributed by atoms with van der Waals surface area (Å²) >= 11 is 1.66. The van der Waals surface area contributed by atoms with Gasteiger partial charge in [0.15, 0.2) is 0 Å². The van der Waals surface area contributed by atoms with Crippen LogP contribution in [-0.4, -0.2) is 71.0 Å². The summed E-state index contributed by atoms with van der Waals surface area (Å²) in [4.78, 5) is 22.4. The molecular formula is C34H41F4N3O3S. The number of thiazole rings is 1. The molecule has 1 aliphatic heterocycles. The van der Waals surface area contributed by atoms with Gasteiger partial charge in [-0.25, -0.2) is 9.37 Å².